The highest BCUT2D eigenvalue weighted by molar-refractivity contribution is 5.59. The number of nitrogens with zero attached hydrogens (tertiary/aromatic N) is 1. The molecule has 0 aromatic heterocycles. The normalized spacial score (nSPS) is 9.71. The van der Waals surface area contributed by atoms with Crippen molar-refractivity contribution in [1.82, 2.24) is 0 Å². The molecule has 1 rings (SSSR count). The summed E-state index contributed by atoms with van der Waals surface area (Å²) in [5, 5.41) is 8.78. The van der Waals surface area contributed by atoms with E-state index in [1.807, 2.05) is 12.1 Å². The van der Waals surface area contributed by atoms with E-state index in [4.69, 9.17) is 11.0 Å². The second-order valence-electron chi connectivity index (χ2n) is 3.45. The number of hydrogen-bond donors (Lipinski definition) is 1. The van der Waals surface area contributed by atoms with Gasteiger partial charge in [-0.15, -0.1) is 0 Å². The number of nitrogens with two attached hydrogens (primary N) is 1. The molecular formula is C12H16N2. The number of hydrogen-bond acceptors (Lipinski definition) is 2. The lowest BCUT2D eigenvalue weighted by atomic mass is 10.0. The van der Waals surface area contributed by atoms with Crippen LogP contribution in [0.4, 0.5) is 5.69 Å². The largest absolute Gasteiger partial charge is 0.397 e. The van der Waals surface area contributed by atoms with E-state index in [-0.39, 0.29) is 0 Å². The van der Waals surface area contributed by atoms with Crippen LogP contribution in [0.1, 0.15) is 37.3 Å². The van der Waals surface area contributed by atoms with Gasteiger partial charge >= 0.3 is 0 Å². The Bertz CT molecular complexity index is 337. The van der Waals surface area contributed by atoms with Crippen LogP contribution in [0.3, 0.4) is 0 Å². The first-order chi connectivity index (χ1) is 6.79. The highest BCUT2D eigenvalue weighted by Gasteiger charge is 2.03. The van der Waals surface area contributed by atoms with E-state index in [1.54, 1.807) is 6.07 Å². The predicted octanol–water partition coefficient (Wildman–Crippen LogP) is 2.87. The van der Waals surface area contributed by atoms with Crippen molar-refractivity contribution < 1.29 is 0 Å². The van der Waals surface area contributed by atoms with Crippen LogP contribution in [0, 0.1) is 11.3 Å². The van der Waals surface area contributed by atoms with Gasteiger partial charge in [0.1, 0.15) is 6.07 Å². The number of anilines is 1. The van der Waals surface area contributed by atoms with Gasteiger partial charge in [-0.1, -0.05) is 31.9 Å². The molecule has 0 saturated carbocycles. The van der Waals surface area contributed by atoms with Crippen molar-refractivity contribution >= 4 is 5.69 Å². The van der Waals surface area contributed by atoms with Gasteiger partial charge < -0.3 is 5.73 Å². The Morgan fingerprint density at radius 1 is 1.36 bits per heavy atom. The Labute approximate surface area is 85.4 Å². The number of unbranched alkanes of at least 4 members (excludes halogenated alkanes) is 2. The summed E-state index contributed by atoms with van der Waals surface area (Å²) in [5.41, 5.74) is 8.22. The molecule has 2 N–H and O–H groups in total. The predicted molar refractivity (Wildman–Crippen MR) is 58.8 cm³/mol. The van der Waals surface area contributed by atoms with Gasteiger partial charge in [-0.2, -0.15) is 5.26 Å². The van der Waals surface area contributed by atoms with Crippen LogP contribution in [0.5, 0.6) is 0 Å². The second-order valence-corrected chi connectivity index (χ2v) is 3.45. The zero-order valence-electron chi connectivity index (χ0n) is 8.59. The molecule has 2 nitrogen and oxygen atoms in total. The summed E-state index contributed by atoms with van der Waals surface area (Å²) in [6, 6.07) is 7.77. The Balaban J connectivity index is 2.73. The minimum Gasteiger partial charge on any atom is -0.397 e. The van der Waals surface area contributed by atoms with Crippen molar-refractivity contribution in [3.8, 4) is 6.07 Å². The quantitative estimate of drug-likeness (QED) is 0.583. The third-order valence-corrected chi connectivity index (χ3v) is 2.37. The van der Waals surface area contributed by atoms with Crippen LogP contribution < -0.4 is 5.73 Å². The first kappa shape index (κ1) is 10.6. The van der Waals surface area contributed by atoms with E-state index < -0.39 is 0 Å². The SMILES string of the molecule is CCCCCc1cccc(C#N)c1N. The standard InChI is InChI=1S/C12H16N2/c1-2-3-4-6-10-7-5-8-11(9-13)12(10)14/h5,7-8H,2-4,6,14H2,1H3. The molecule has 0 saturated heterocycles. The van der Waals surface area contributed by atoms with Crippen molar-refractivity contribution in [2.45, 2.75) is 32.6 Å². The fraction of sp³-hybridized carbons (Fsp3) is 0.417. The highest BCUT2D eigenvalue weighted by atomic mass is 14.6. The maximum absolute atomic E-state index is 8.78. The van der Waals surface area contributed by atoms with E-state index in [2.05, 4.69) is 13.0 Å². The molecule has 0 aliphatic carbocycles. The van der Waals surface area contributed by atoms with Gasteiger partial charge in [-0.25, -0.2) is 0 Å². The number of rotatable bonds is 4. The smallest absolute Gasteiger partial charge is 0.101 e. The molecule has 0 fully saturated rings. The van der Waals surface area contributed by atoms with Gasteiger partial charge in [0, 0.05) is 0 Å². The molecule has 1 aromatic carbocycles. The second kappa shape index (κ2) is 5.29. The lowest BCUT2D eigenvalue weighted by Crippen LogP contribution is -1.97. The minimum absolute atomic E-state index is 0.596. The number of nitriles is 1. The number of benzene rings is 1. The number of para-hydroxylation sites is 1. The maximum Gasteiger partial charge on any atom is 0.101 e. The summed E-state index contributed by atoms with van der Waals surface area (Å²) in [4.78, 5) is 0. The lowest BCUT2D eigenvalue weighted by molar-refractivity contribution is 0.718. The Morgan fingerprint density at radius 3 is 2.79 bits per heavy atom. The molecular weight excluding hydrogens is 172 g/mol. The van der Waals surface area contributed by atoms with Gasteiger partial charge in [0.05, 0.1) is 11.3 Å². The molecule has 0 bridgehead atoms. The first-order valence-corrected chi connectivity index (χ1v) is 5.07. The first-order valence-electron chi connectivity index (χ1n) is 5.07. The average Bonchev–Trinajstić information content (AvgIpc) is 2.21. The van der Waals surface area contributed by atoms with E-state index in [1.165, 1.54) is 12.8 Å². The van der Waals surface area contributed by atoms with Gasteiger partial charge in [-0.3, -0.25) is 0 Å². The van der Waals surface area contributed by atoms with Gasteiger partial charge in [0.25, 0.3) is 0 Å². The molecule has 0 aliphatic rings. The van der Waals surface area contributed by atoms with Crippen molar-refractivity contribution in [3.63, 3.8) is 0 Å². The fourth-order valence-electron chi connectivity index (χ4n) is 1.49. The molecule has 2 heteroatoms. The molecule has 1 aromatic rings. The van der Waals surface area contributed by atoms with Crippen molar-refractivity contribution in [2.75, 3.05) is 5.73 Å². The maximum atomic E-state index is 8.78. The number of nitrogen functional groups attached to an aromatic ring is 1. The molecule has 14 heavy (non-hydrogen) atoms. The summed E-state index contributed by atoms with van der Waals surface area (Å²) in [6.07, 6.45) is 4.55. The fourth-order valence-corrected chi connectivity index (χ4v) is 1.49. The Morgan fingerprint density at radius 2 is 2.14 bits per heavy atom. The molecule has 0 unspecified atom stereocenters. The third kappa shape index (κ3) is 2.50. The molecule has 0 spiro atoms. The van der Waals surface area contributed by atoms with Crippen LogP contribution in [-0.4, -0.2) is 0 Å². The highest BCUT2D eigenvalue weighted by Crippen LogP contribution is 2.18. The van der Waals surface area contributed by atoms with Crippen LogP contribution in [0.15, 0.2) is 18.2 Å². The number of aryl methyl sites for hydroxylation is 1. The van der Waals surface area contributed by atoms with Gasteiger partial charge in [0.15, 0.2) is 0 Å². The van der Waals surface area contributed by atoms with Crippen molar-refractivity contribution in [1.29, 1.82) is 5.26 Å². The average molecular weight is 188 g/mol. The molecule has 0 amide bonds. The third-order valence-electron chi connectivity index (χ3n) is 2.37. The monoisotopic (exact) mass is 188 g/mol. The van der Waals surface area contributed by atoms with Crippen molar-refractivity contribution in [2.24, 2.45) is 0 Å². The molecule has 0 radical (unpaired) electrons. The Kier molecular flexibility index (Phi) is 4.00. The van der Waals surface area contributed by atoms with Crippen LogP contribution in [0.25, 0.3) is 0 Å². The Hall–Kier alpha value is -1.49. The van der Waals surface area contributed by atoms with Crippen LogP contribution >= 0.6 is 0 Å². The van der Waals surface area contributed by atoms with Crippen LogP contribution in [-0.2, 0) is 6.42 Å². The van der Waals surface area contributed by atoms with Gasteiger partial charge in [-0.05, 0) is 24.5 Å². The summed E-state index contributed by atoms with van der Waals surface area (Å²) < 4.78 is 0. The van der Waals surface area contributed by atoms with E-state index >= 15 is 0 Å². The zero-order chi connectivity index (χ0) is 10.4. The van der Waals surface area contributed by atoms with Crippen LogP contribution in [0.2, 0.25) is 0 Å². The molecule has 74 valence electrons. The van der Waals surface area contributed by atoms with E-state index in [0.29, 0.717) is 11.3 Å². The summed E-state index contributed by atoms with van der Waals surface area (Å²) >= 11 is 0. The molecule has 0 aliphatic heterocycles. The zero-order valence-corrected chi connectivity index (χ0v) is 8.59. The lowest BCUT2D eigenvalue weighted by Gasteiger charge is -2.05. The van der Waals surface area contributed by atoms with Gasteiger partial charge in [0.2, 0.25) is 0 Å². The summed E-state index contributed by atoms with van der Waals surface area (Å²) in [5.74, 6) is 0. The van der Waals surface area contributed by atoms with Crippen molar-refractivity contribution in [3.05, 3.63) is 29.3 Å². The van der Waals surface area contributed by atoms with E-state index in [9.17, 15) is 0 Å². The van der Waals surface area contributed by atoms with E-state index in [0.717, 1.165) is 18.4 Å². The molecule has 0 atom stereocenters. The minimum atomic E-state index is 0.596. The topological polar surface area (TPSA) is 49.8 Å². The summed E-state index contributed by atoms with van der Waals surface area (Å²) in [6.45, 7) is 2.18. The summed E-state index contributed by atoms with van der Waals surface area (Å²) in [7, 11) is 0. The molecule has 0 heterocycles.